The van der Waals surface area contributed by atoms with Crippen molar-refractivity contribution in [3.8, 4) is 11.8 Å². The van der Waals surface area contributed by atoms with E-state index in [1.807, 2.05) is 70.1 Å². The number of anilines is 1. The van der Waals surface area contributed by atoms with Gasteiger partial charge in [-0.3, -0.25) is 4.79 Å². The molecule has 7 heteroatoms. The van der Waals surface area contributed by atoms with Gasteiger partial charge in [-0.2, -0.15) is 5.26 Å². The van der Waals surface area contributed by atoms with Gasteiger partial charge >= 0.3 is 0 Å². The number of carbonyl (C=O) groups is 1. The van der Waals surface area contributed by atoms with Gasteiger partial charge in [-0.25, -0.2) is 9.97 Å². The van der Waals surface area contributed by atoms with E-state index in [0.717, 1.165) is 11.4 Å². The third-order valence-corrected chi connectivity index (χ3v) is 4.82. The Hall–Kier alpha value is -3.66. The number of nitrogens with zero attached hydrogens (tertiary/aromatic N) is 6. The maximum atomic E-state index is 12.8. The molecule has 1 aromatic carbocycles. The molecule has 28 heavy (non-hydrogen) atoms. The van der Waals surface area contributed by atoms with Crippen molar-refractivity contribution in [2.45, 2.75) is 6.92 Å². The summed E-state index contributed by atoms with van der Waals surface area (Å²) in [5.41, 5.74) is 2.84. The first kappa shape index (κ1) is 17.7. The summed E-state index contributed by atoms with van der Waals surface area (Å²) < 4.78 is 2.00. The third kappa shape index (κ3) is 3.58. The number of piperazine rings is 1. The van der Waals surface area contributed by atoms with Crippen molar-refractivity contribution < 1.29 is 4.79 Å². The van der Waals surface area contributed by atoms with Crippen LogP contribution in [-0.4, -0.2) is 51.5 Å². The van der Waals surface area contributed by atoms with Crippen LogP contribution in [0.25, 0.3) is 5.69 Å². The molecule has 1 aliphatic rings. The maximum Gasteiger partial charge on any atom is 0.253 e. The molecule has 1 aliphatic heterocycles. The van der Waals surface area contributed by atoms with Crippen LogP contribution >= 0.6 is 0 Å². The summed E-state index contributed by atoms with van der Waals surface area (Å²) in [7, 11) is 0. The van der Waals surface area contributed by atoms with E-state index in [1.165, 1.54) is 0 Å². The molecule has 1 fully saturated rings. The molecular formula is C21H20N6O. The average Bonchev–Trinajstić information content (AvgIpc) is 3.28. The van der Waals surface area contributed by atoms with Crippen molar-refractivity contribution in [1.82, 2.24) is 19.4 Å². The smallest absolute Gasteiger partial charge is 0.253 e. The van der Waals surface area contributed by atoms with Crippen molar-refractivity contribution in [3.63, 3.8) is 0 Å². The summed E-state index contributed by atoms with van der Waals surface area (Å²) in [4.78, 5) is 25.4. The Labute approximate surface area is 163 Å². The van der Waals surface area contributed by atoms with Crippen LogP contribution in [0.15, 0.2) is 54.9 Å². The Bertz CT molecular complexity index is 1010. The van der Waals surface area contributed by atoms with E-state index in [9.17, 15) is 4.79 Å². The number of rotatable bonds is 3. The maximum absolute atomic E-state index is 12.8. The molecule has 0 aliphatic carbocycles. The molecule has 0 bridgehead atoms. The lowest BCUT2D eigenvalue weighted by molar-refractivity contribution is 0.0746. The van der Waals surface area contributed by atoms with Crippen LogP contribution < -0.4 is 4.90 Å². The van der Waals surface area contributed by atoms with E-state index < -0.39 is 0 Å². The Morgan fingerprint density at radius 1 is 1.04 bits per heavy atom. The van der Waals surface area contributed by atoms with Gasteiger partial charge in [0.25, 0.3) is 5.91 Å². The van der Waals surface area contributed by atoms with E-state index in [2.05, 4.69) is 16.0 Å². The molecule has 1 amide bonds. The Morgan fingerprint density at radius 2 is 1.71 bits per heavy atom. The molecule has 3 aromatic rings. The highest BCUT2D eigenvalue weighted by Gasteiger charge is 2.24. The summed E-state index contributed by atoms with van der Waals surface area (Å²) in [6.45, 7) is 4.32. The molecule has 1 saturated heterocycles. The van der Waals surface area contributed by atoms with Crippen LogP contribution in [0, 0.1) is 18.3 Å². The topological polar surface area (TPSA) is 78.0 Å². The highest BCUT2D eigenvalue weighted by atomic mass is 16.2. The van der Waals surface area contributed by atoms with Gasteiger partial charge < -0.3 is 14.4 Å². The fourth-order valence-electron chi connectivity index (χ4n) is 3.33. The number of benzene rings is 1. The number of aryl methyl sites for hydroxylation is 1. The van der Waals surface area contributed by atoms with Crippen LogP contribution in [-0.2, 0) is 0 Å². The number of hydrogen-bond acceptors (Lipinski definition) is 5. The molecule has 0 spiro atoms. The highest BCUT2D eigenvalue weighted by Crippen LogP contribution is 2.16. The van der Waals surface area contributed by atoms with Gasteiger partial charge in [-0.15, -0.1) is 0 Å². The predicted molar refractivity (Wildman–Crippen MR) is 105 cm³/mol. The van der Waals surface area contributed by atoms with Crippen LogP contribution in [0.5, 0.6) is 0 Å². The minimum atomic E-state index is 0.0292. The Balaban J connectivity index is 1.41. The zero-order valence-corrected chi connectivity index (χ0v) is 15.6. The van der Waals surface area contributed by atoms with Crippen molar-refractivity contribution >= 4 is 11.9 Å². The molecule has 3 heterocycles. The van der Waals surface area contributed by atoms with Crippen LogP contribution in [0.2, 0.25) is 0 Å². The van der Waals surface area contributed by atoms with Crippen molar-refractivity contribution in [1.29, 1.82) is 5.26 Å². The first-order valence-electron chi connectivity index (χ1n) is 9.17. The monoisotopic (exact) mass is 372 g/mol. The second kappa shape index (κ2) is 7.53. The van der Waals surface area contributed by atoms with E-state index >= 15 is 0 Å². The zero-order valence-electron chi connectivity index (χ0n) is 15.6. The Kier molecular flexibility index (Phi) is 4.77. The molecule has 7 nitrogen and oxygen atoms in total. The number of amides is 1. The summed E-state index contributed by atoms with van der Waals surface area (Å²) in [6.07, 6.45) is 3.95. The zero-order chi connectivity index (χ0) is 19.5. The van der Waals surface area contributed by atoms with E-state index in [1.54, 1.807) is 6.07 Å². The molecule has 0 atom stereocenters. The molecule has 0 radical (unpaired) electrons. The van der Waals surface area contributed by atoms with E-state index in [0.29, 0.717) is 43.4 Å². The normalized spacial score (nSPS) is 14.0. The largest absolute Gasteiger partial charge is 0.337 e. The van der Waals surface area contributed by atoms with Crippen molar-refractivity contribution in [2.75, 3.05) is 31.1 Å². The quantitative estimate of drug-likeness (QED) is 0.705. The summed E-state index contributed by atoms with van der Waals surface area (Å²) in [5.74, 6) is 0.585. The second-order valence-corrected chi connectivity index (χ2v) is 6.72. The average molecular weight is 372 g/mol. The lowest BCUT2D eigenvalue weighted by Gasteiger charge is -2.34. The number of hydrogen-bond donors (Lipinski definition) is 0. The summed E-state index contributed by atoms with van der Waals surface area (Å²) in [5, 5.41) is 9.09. The van der Waals surface area contributed by atoms with Crippen molar-refractivity contribution in [2.24, 2.45) is 0 Å². The first-order valence-corrected chi connectivity index (χ1v) is 9.17. The van der Waals surface area contributed by atoms with Gasteiger partial charge in [-0.05, 0) is 49.4 Å². The molecule has 4 rings (SSSR count). The molecule has 2 aromatic heterocycles. The minimum Gasteiger partial charge on any atom is -0.337 e. The van der Waals surface area contributed by atoms with Gasteiger partial charge in [0.05, 0.1) is 0 Å². The van der Waals surface area contributed by atoms with Crippen LogP contribution in [0.4, 0.5) is 5.95 Å². The predicted octanol–water partition coefficient (Wildman–Crippen LogP) is 2.41. The number of carbonyl (C=O) groups excluding carboxylic acids is 1. The molecule has 0 N–H and O–H groups in total. The first-order chi connectivity index (χ1) is 13.6. The van der Waals surface area contributed by atoms with E-state index in [4.69, 9.17) is 5.26 Å². The fraction of sp³-hybridized carbons (Fsp3) is 0.238. The molecule has 0 saturated carbocycles. The highest BCUT2D eigenvalue weighted by molar-refractivity contribution is 5.94. The SMILES string of the molecule is Cc1cc(C#N)nc(N2CCN(C(=O)c3ccc(-n4cccc4)cc3)CC2)n1. The third-order valence-electron chi connectivity index (χ3n) is 4.82. The summed E-state index contributed by atoms with van der Waals surface area (Å²) >= 11 is 0. The lowest BCUT2D eigenvalue weighted by atomic mass is 10.1. The lowest BCUT2D eigenvalue weighted by Crippen LogP contribution is -2.49. The van der Waals surface area contributed by atoms with Gasteiger partial charge in [0.1, 0.15) is 11.8 Å². The number of aromatic nitrogens is 3. The Morgan fingerprint density at radius 3 is 2.36 bits per heavy atom. The fourth-order valence-corrected chi connectivity index (χ4v) is 3.33. The summed E-state index contributed by atoms with van der Waals surface area (Å²) in [6, 6.07) is 15.3. The minimum absolute atomic E-state index is 0.0292. The van der Waals surface area contributed by atoms with Crippen molar-refractivity contribution in [3.05, 3.63) is 71.8 Å². The van der Waals surface area contributed by atoms with Gasteiger partial charge in [0.2, 0.25) is 5.95 Å². The standard InChI is InChI=1S/C21H20N6O/c1-16-14-18(15-22)24-21(23-16)27-12-10-26(11-13-27)20(28)17-4-6-19(7-5-17)25-8-2-3-9-25/h2-9,14H,10-13H2,1H3. The van der Waals surface area contributed by atoms with Crippen LogP contribution in [0.3, 0.4) is 0 Å². The van der Waals surface area contributed by atoms with Gasteiger partial charge in [-0.1, -0.05) is 0 Å². The molecule has 0 unspecified atom stereocenters. The number of nitriles is 1. The van der Waals surface area contributed by atoms with Crippen LogP contribution in [0.1, 0.15) is 21.7 Å². The van der Waals surface area contributed by atoms with Gasteiger partial charge in [0.15, 0.2) is 0 Å². The second-order valence-electron chi connectivity index (χ2n) is 6.72. The van der Waals surface area contributed by atoms with Gasteiger partial charge in [0, 0.05) is 55.5 Å². The van der Waals surface area contributed by atoms with E-state index in [-0.39, 0.29) is 5.91 Å². The molecular weight excluding hydrogens is 352 g/mol. The molecule has 140 valence electrons.